The molecule has 0 atom stereocenters. The minimum atomic E-state index is -0.248. The monoisotopic (exact) mass is 229 g/mol. The van der Waals surface area contributed by atoms with Gasteiger partial charge in [-0.3, -0.25) is 0 Å². The number of benzene rings is 1. The first-order valence-electron chi connectivity index (χ1n) is 4.97. The zero-order chi connectivity index (χ0) is 10.8. The topological polar surface area (TPSA) is 12.5 Å². The van der Waals surface area contributed by atoms with Crippen molar-refractivity contribution in [2.75, 3.05) is 31.2 Å². The summed E-state index contributed by atoms with van der Waals surface area (Å²) in [5.41, 5.74) is 1.35. The predicted molar refractivity (Wildman–Crippen MR) is 59.2 cm³/mol. The van der Waals surface area contributed by atoms with E-state index in [2.05, 4.69) is 0 Å². The fourth-order valence-electron chi connectivity index (χ4n) is 1.78. The largest absolute Gasteiger partial charge is 0.378 e. The molecule has 0 amide bonds. The Bertz CT molecular complexity index is 341. The summed E-state index contributed by atoms with van der Waals surface area (Å²) in [6.45, 7) is 4.48. The molecule has 1 heterocycles. The average molecular weight is 230 g/mol. The molecular formula is C11H13ClFNO. The van der Waals surface area contributed by atoms with E-state index >= 15 is 0 Å². The Labute approximate surface area is 93.6 Å². The number of ether oxygens (including phenoxy) is 1. The van der Waals surface area contributed by atoms with E-state index in [-0.39, 0.29) is 5.82 Å². The van der Waals surface area contributed by atoms with E-state index in [0.717, 1.165) is 5.56 Å². The van der Waals surface area contributed by atoms with E-state index in [1.165, 1.54) is 6.07 Å². The molecule has 1 aromatic rings. The van der Waals surface area contributed by atoms with Gasteiger partial charge in [-0.2, -0.15) is 0 Å². The van der Waals surface area contributed by atoms with Gasteiger partial charge in [0.15, 0.2) is 0 Å². The molecule has 0 radical (unpaired) electrons. The Hall–Kier alpha value is -0.800. The molecular weight excluding hydrogens is 217 g/mol. The highest BCUT2D eigenvalue weighted by Gasteiger charge is 2.18. The highest BCUT2D eigenvalue weighted by molar-refractivity contribution is 6.33. The van der Waals surface area contributed by atoms with E-state index < -0.39 is 0 Å². The first kappa shape index (κ1) is 10.7. The minimum Gasteiger partial charge on any atom is -0.378 e. The SMILES string of the molecule is Cc1cc(F)c(N2CCOCC2)c(Cl)c1. The molecule has 0 unspecified atom stereocenters. The van der Waals surface area contributed by atoms with E-state index in [1.807, 2.05) is 11.8 Å². The Morgan fingerprint density at radius 3 is 2.60 bits per heavy atom. The zero-order valence-corrected chi connectivity index (χ0v) is 9.35. The fraction of sp³-hybridized carbons (Fsp3) is 0.455. The molecule has 1 saturated heterocycles. The van der Waals surface area contributed by atoms with Crippen LogP contribution < -0.4 is 4.90 Å². The molecule has 0 saturated carbocycles. The average Bonchev–Trinajstić information content (AvgIpc) is 2.17. The quantitative estimate of drug-likeness (QED) is 0.734. The van der Waals surface area contributed by atoms with Crippen LogP contribution in [0, 0.1) is 12.7 Å². The van der Waals surface area contributed by atoms with Gasteiger partial charge in [-0.1, -0.05) is 11.6 Å². The lowest BCUT2D eigenvalue weighted by molar-refractivity contribution is 0.122. The summed E-state index contributed by atoms with van der Waals surface area (Å²) in [7, 11) is 0. The van der Waals surface area contributed by atoms with Gasteiger partial charge in [-0.05, 0) is 24.6 Å². The maximum absolute atomic E-state index is 13.7. The first-order valence-corrected chi connectivity index (χ1v) is 5.34. The molecule has 15 heavy (non-hydrogen) atoms. The number of morpholine rings is 1. The van der Waals surface area contributed by atoms with Crippen LogP contribution in [0.5, 0.6) is 0 Å². The second kappa shape index (κ2) is 4.37. The summed E-state index contributed by atoms with van der Waals surface area (Å²) >= 11 is 6.05. The highest BCUT2D eigenvalue weighted by Crippen LogP contribution is 2.30. The number of halogens is 2. The Kier molecular flexibility index (Phi) is 3.12. The maximum Gasteiger partial charge on any atom is 0.148 e. The predicted octanol–water partition coefficient (Wildman–Crippen LogP) is 2.62. The van der Waals surface area contributed by atoms with Crippen molar-refractivity contribution in [1.82, 2.24) is 0 Å². The van der Waals surface area contributed by atoms with Crippen molar-refractivity contribution in [3.05, 3.63) is 28.5 Å². The van der Waals surface area contributed by atoms with Crippen molar-refractivity contribution < 1.29 is 9.13 Å². The number of hydrogen-bond donors (Lipinski definition) is 0. The van der Waals surface area contributed by atoms with Gasteiger partial charge >= 0.3 is 0 Å². The van der Waals surface area contributed by atoms with Gasteiger partial charge in [0.2, 0.25) is 0 Å². The summed E-state index contributed by atoms with van der Waals surface area (Å²) in [6.07, 6.45) is 0. The molecule has 0 bridgehead atoms. The third-order valence-corrected chi connectivity index (χ3v) is 2.78. The van der Waals surface area contributed by atoms with Crippen molar-refractivity contribution >= 4 is 17.3 Å². The molecule has 1 fully saturated rings. The van der Waals surface area contributed by atoms with Gasteiger partial charge in [-0.25, -0.2) is 4.39 Å². The van der Waals surface area contributed by atoms with E-state index in [9.17, 15) is 4.39 Å². The van der Waals surface area contributed by atoms with Crippen LogP contribution in [-0.2, 0) is 4.74 Å². The normalized spacial score (nSPS) is 16.9. The van der Waals surface area contributed by atoms with Crippen molar-refractivity contribution in [3.8, 4) is 0 Å². The number of anilines is 1. The van der Waals surface area contributed by atoms with E-state index in [4.69, 9.17) is 16.3 Å². The summed E-state index contributed by atoms with van der Waals surface area (Å²) in [6, 6.07) is 3.30. The van der Waals surface area contributed by atoms with Gasteiger partial charge in [-0.15, -0.1) is 0 Å². The maximum atomic E-state index is 13.7. The van der Waals surface area contributed by atoms with Crippen molar-refractivity contribution in [1.29, 1.82) is 0 Å². The van der Waals surface area contributed by atoms with Gasteiger partial charge in [0.05, 0.1) is 23.9 Å². The van der Waals surface area contributed by atoms with Crippen LogP contribution in [0.3, 0.4) is 0 Å². The summed E-state index contributed by atoms with van der Waals surface area (Å²) in [5.74, 6) is -0.248. The van der Waals surface area contributed by atoms with E-state index in [0.29, 0.717) is 37.0 Å². The summed E-state index contributed by atoms with van der Waals surface area (Å²) < 4.78 is 18.9. The first-order chi connectivity index (χ1) is 7.18. The van der Waals surface area contributed by atoms with Crippen LogP contribution in [0.15, 0.2) is 12.1 Å². The van der Waals surface area contributed by atoms with Crippen LogP contribution >= 0.6 is 11.6 Å². The van der Waals surface area contributed by atoms with Gasteiger partial charge < -0.3 is 9.64 Å². The van der Waals surface area contributed by atoms with Crippen molar-refractivity contribution in [2.24, 2.45) is 0 Å². The third-order valence-electron chi connectivity index (χ3n) is 2.49. The van der Waals surface area contributed by atoms with Crippen molar-refractivity contribution in [2.45, 2.75) is 6.92 Å². The van der Waals surface area contributed by atoms with Crippen molar-refractivity contribution in [3.63, 3.8) is 0 Å². The molecule has 1 aliphatic rings. The molecule has 82 valence electrons. The lowest BCUT2D eigenvalue weighted by Gasteiger charge is -2.29. The molecule has 1 aliphatic heterocycles. The van der Waals surface area contributed by atoms with Crippen LogP contribution in [-0.4, -0.2) is 26.3 Å². The molecule has 0 aromatic heterocycles. The zero-order valence-electron chi connectivity index (χ0n) is 8.59. The van der Waals surface area contributed by atoms with Crippen LogP contribution in [0.4, 0.5) is 10.1 Å². The molecule has 1 aromatic carbocycles. The Morgan fingerprint density at radius 1 is 1.33 bits per heavy atom. The minimum absolute atomic E-state index is 0.248. The van der Waals surface area contributed by atoms with Crippen LogP contribution in [0.1, 0.15) is 5.56 Å². The molecule has 0 aliphatic carbocycles. The second-order valence-corrected chi connectivity index (χ2v) is 4.08. The molecule has 0 N–H and O–H groups in total. The molecule has 2 rings (SSSR count). The standard InChI is InChI=1S/C11H13ClFNO/c1-8-6-9(12)11(10(13)7-8)14-2-4-15-5-3-14/h6-7H,2-5H2,1H3. The summed E-state index contributed by atoms with van der Waals surface area (Å²) in [5, 5.41) is 0.481. The smallest absolute Gasteiger partial charge is 0.148 e. The molecule has 2 nitrogen and oxygen atoms in total. The van der Waals surface area contributed by atoms with Crippen LogP contribution in [0.2, 0.25) is 5.02 Å². The Morgan fingerprint density at radius 2 is 2.00 bits per heavy atom. The van der Waals surface area contributed by atoms with Gasteiger partial charge in [0.1, 0.15) is 5.82 Å². The Balaban J connectivity index is 2.33. The number of hydrogen-bond acceptors (Lipinski definition) is 2. The highest BCUT2D eigenvalue weighted by atomic mass is 35.5. The number of aryl methyl sites for hydroxylation is 1. The molecule has 4 heteroatoms. The van der Waals surface area contributed by atoms with E-state index in [1.54, 1.807) is 6.07 Å². The van der Waals surface area contributed by atoms with Gasteiger partial charge in [0.25, 0.3) is 0 Å². The fourth-order valence-corrected chi connectivity index (χ4v) is 2.16. The number of rotatable bonds is 1. The third kappa shape index (κ3) is 2.24. The molecule has 0 spiro atoms. The van der Waals surface area contributed by atoms with Gasteiger partial charge in [0, 0.05) is 13.1 Å². The summed E-state index contributed by atoms with van der Waals surface area (Å²) in [4.78, 5) is 1.93. The lowest BCUT2D eigenvalue weighted by Crippen LogP contribution is -2.37. The van der Waals surface area contributed by atoms with Crippen LogP contribution in [0.25, 0.3) is 0 Å². The second-order valence-electron chi connectivity index (χ2n) is 3.68. The lowest BCUT2D eigenvalue weighted by atomic mass is 10.2. The number of nitrogens with zero attached hydrogens (tertiary/aromatic N) is 1.